The SMILES string of the molecule is CCN(CC(=O)CCl)C(=O)C(F)(F)C(F)F. The Bertz CT molecular complexity index is 273. The molecule has 0 aliphatic rings. The van der Waals surface area contributed by atoms with Crippen molar-refractivity contribution < 1.29 is 27.2 Å². The van der Waals surface area contributed by atoms with E-state index in [1.165, 1.54) is 6.92 Å². The van der Waals surface area contributed by atoms with E-state index in [1.54, 1.807) is 0 Å². The maximum absolute atomic E-state index is 12.6. The highest BCUT2D eigenvalue weighted by Crippen LogP contribution is 2.25. The van der Waals surface area contributed by atoms with Crippen LogP contribution in [0.4, 0.5) is 17.6 Å². The van der Waals surface area contributed by atoms with Crippen LogP contribution in [0.1, 0.15) is 6.92 Å². The summed E-state index contributed by atoms with van der Waals surface area (Å²) in [7, 11) is 0. The monoisotopic (exact) mass is 263 g/mol. The minimum Gasteiger partial charge on any atom is -0.330 e. The van der Waals surface area contributed by atoms with Gasteiger partial charge in [-0.3, -0.25) is 9.59 Å². The van der Waals surface area contributed by atoms with E-state index < -0.39 is 36.5 Å². The molecule has 16 heavy (non-hydrogen) atoms. The number of carbonyl (C=O) groups excluding carboxylic acids is 2. The van der Waals surface area contributed by atoms with Gasteiger partial charge < -0.3 is 4.90 Å². The van der Waals surface area contributed by atoms with Gasteiger partial charge in [-0.05, 0) is 6.92 Å². The first-order chi connectivity index (χ1) is 7.27. The summed E-state index contributed by atoms with van der Waals surface area (Å²) in [5, 5.41) is 0. The second-order valence-electron chi connectivity index (χ2n) is 2.92. The second-order valence-corrected chi connectivity index (χ2v) is 3.18. The molecule has 0 rings (SSSR count). The van der Waals surface area contributed by atoms with Crippen molar-refractivity contribution in [1.29, 1.82) is 0 Å². The number of likely N-dealkylation sites (N-methyl/N-ethyl adjacent to an activating group) is 1. The standard InChI is InChI=1S/C8H10ClF4NO2/c1-2-14(4-5(15)3-9)7(16)8(12,13)6(10)11/h6H,2-4H2,1H3. The molecule has 3 nitrogen and oxygen atoms in total. The van der Waals surface area contributed by atoms with Crippen LogP contribution in [0.25, 0.3) is 0 Å². The van der Waals surface area contributed by atoms with Crippen LogP contribution < -0.4 is 0 Å². The number of halogens is 5. The zero-order chi connectivity index (χ0) is 12.9. The second kappa shape index (κ2) is 6.03. The Morgan fingerprint density at radius 1 is 1.38 bits per heavy atom. The fourth-order valence-electron chi connectivity index (χ4n) is 0.886. The van der Waals surface area contributed by atoms with Crippen LogP contribution >= 0.6 is 11.6 Å². The maximum atomic E-state index is 12.6. The minimum absolute atomic E-state index is 0.274. The number of alkyl halides is 5. The quantitative estimate of drug-likeness (QED) is 0.538. The normalized spacial score (nSPS) is 11.7. The first-order valence-electron chi connectivity index (χ1n) is 4.30. The number of hydrogen-bond donors (Lipinski definition) is 0. The molecule has 0 heterocycles. The molecule has 0 atom stereocenters. The molecule has 0 radical (unpaired) electrons. The molecule has 0 bridgehead atoms. The zero-order valence-electron chi connectivity index (χ0n) is 8.35. The van der Waals surface area contributed by atoms with Crippen molar-refractivity contribution in [2.45, 2.75) is 19.3 Å². The van der Waals surface area contributed by atoms with Gasteiger partial charge in [0.1, 0.15) is 0 Å². The number of carbonyl (C=O) groups is 2. The van der Waals surface area contributed by atoms with E-state index in [1.807, 2.05) is 0 Å². The Balaban J connectivity index is 4.72. The molecule has 0 spiro atoms. The molecular formula is C8H10ClF4NO2. The summed E-state index contributed by atoms with van der Waals surface area (Å²) in [4.78, 5) is 22.2. The third-order valence-electron chi connectivity index (χ3n) is 1.74. The number of ketones is 1. The highest BCUT2D eigenvalue weighted by atomic mass is 35.5. The average molecular weight is 264 g/mol. The van der Waals surface area contributed by atoms with Gasteiger partial charge in [-0.1, -0.05) is 0 Å². The molecule has 0 fully saturated rings. The molecule has 0 saturated carbocycles. The lowest BCUT2D eigenvalue weighted by molar-refractivity contribution is -0.180. The van der Waals surface area contributed by atoms with Crippen molar-refractivity contribution in [1.82, 2.24) is 4.90 Å². The van der Waals surface area contributed by atoms with Crippen LogP contribution in [0.15, 0.2) is 0 Å². The molecule has 94 valence electrons. The zero-order valence-corrected chi connectivity index (χ0v) is 9.11. The fraction of sp³-hybridized carbons (Fsp3) is 0.750. The summed E-state index contributed by atoms with van der Waals surface area (Å²) in [5.74, 6) is -8.00. The van der Waals surface area contributed by atoms with E-state index in [0.29, 0.717) is 4.90 Å². The molecule has 0 aromatic heterocycles. The van der Waals surface area contributed by atoms with E-state index in [9.17, 15) is 27.2 Å². The first kappa shape index (κ1) is 15.2. The van der Waals surface area contributed by atoms with Gasteiger partial charge in [0.25, 0.3) is 5.91 Å². The minimum atomic E-state index is -4.78. The van der Waals surface area contributed by atoms with Crippen molar-refractivity contribution in [3.8, 4) is 0 Å². The summed E-state index contributed by atoms with van der Waals surface area (Å²) >= 11 is 5.11. The number of Topliss-reactive ketones (excluding diaryl/α,β-unsaturated/α-hetero) is 1. The molecule has 0 N–H and O–H groups in total. The number of amides is 1. The highest BCUT2D eigenvalue weighted by molar-refractivity contribution is 6.28. The summed E-state index contributed by atoms with van der Waals surface area (Å²) in [6.07, 6.45) is -4.10. The predicted molar refractivity (Wildman–Crippen MR) is 48.9 cm³/mol. The largest absolute Gasteiger partial charge is 0.383 e. The van der Waals surface area contributed by atoms with Gasteiger partial charge in [-0.2, -0.15) is 8.78 Å². The lowest BCUT2D eigenvalue weighted by Crippen LogP contribution is -2.49. The predicted octanol–water partition coefficient (Wildman–Crippen LogP) is 1.54. The van der Waals surface area contributed by atoms with Crippen LogP contribution in [0.3, 0.4) is 0 Å². The molecular weight excluding hydrogens is 254 g/mol. The average Bonchev–Trinajstić information content (AvgIpc) is 2.24. The van der Waals surface area contributed by atoms with Crippen molar-refractivity contribution in [3.05, 3.63) is 0 Å². The van der Waals surface area contributed by atoms with Crippen LogP contribution in [0.5, 0.6) is 0 Å². The molecule has 0 saturated heterocycles. The Labute approximate surface area is 94.3 Å². The molecule has 0 unspecified atom stereocenters. The molecule has 0 aliphatic carbocycles. The summed E-state index contributed by atoms with van der Waals surface area (Å²) in [6, 6.07) is 0. The van der Waals surface area contributed by atoms with Gasteiger partial charge in [-0.15, -0.1) is 11.6 Å². The Morgan fingerprint density at radius 3 is 2.19 bits per heavy atom. The topological polar surface area (TPSA) is 37.4 Å². The molecule has 0 aromatic rings. The lowest BCUT2D eigenvalue weighted by atomic mass is 10.2. The van der Waals surface area contributed by atoms with Gasteiger partial charge in [-0.25, -0.2) is 8.78 Å². The molecule has 1 amide bonds. The number of hydrogen-bond acceptors (Lipinski definition) is 2. The molecule has 0 aliphatic heterocycles. The molecule has 8 heteroatoms. The first-order valence-corrected chi connectivity index (χ1v) is 4.83. The summed E-state index contributed by atoms with van der Waals surface area (Å²) in [5.41, 5.74) is 0. The van der Waals surface area contributed by atoms with E-state index in [0.717, 1.165) is 0 Å². The summed E-state index contributed by atoms with van der Waals surface area (Å²) < 4.78 is 49.0. The third kappa shape index (κ3) is 3.62. The fourth-order valence-corrected chi connectivity index (χ4v) is 0.971. The van der Waals surface area contributed by atoms with E-state index in [-0.39, 0.29) is 6.54 Å². The number of rotatable bonds is 6. The van der Waals surface area contributed by atoms with Gasteiger partial charge >= 0.3 is 12.3 Å². The lowest BCUT2D eigenvalue weighted by Gasteiger charge is -2.24. The third-order valence-corrected chi connectivity index (χ3v) is 2.04. The Hall–Kier alpha value is -0.850. The Morgan fingerprint density at radius 2 is 1.88 bits per heavy atom. The van der Waals surface area contributed by atoms with Crippen molar-refractivity contribution in [2.75, 3.05) is 19.0 Å². The summed E-state index contributed by atoms with van der Waals surface area (Å²) in [6.45, 7) is 0.325. The van der Waals surface area contributed by atoms with Crippen molar-refractivity contribution >= 4 is 23.3 Å². The highest BCUT2D eigenvalue weighted by Gasteiger charge is 2.51. The van der Waals surface area contributed by atoms with Crippen LogP contribution in [0.2, 0.25) is 0 Å². The van der Waals surface area contributed by atoms with Crippen LogP contribution in [-0.4, -0.2) is 47.9 Å². The molecule has 0 aromatic carbocycles. The van der Waals surface area contributed by atoms with Crippen LogP contribution in [-0.2, 0) is 9.59 Å². The van der Waals surface area contributed by atoms with Crippen molar-refractivity contribution in [2.24, 2.45) is 0 Å². The van der Waals surface area contributed by atoms with Gasteiger partial charge in [0.05, 0.1) is 12.4 Å². The van der Waals surface area contributed by atoms with Gasteiger partial charge in [0.15, 0.2) is 5.78 Å². The number of nitrogens with zero attached hydrogens (tertiary/aromatic N) is 1. The van der Waals surface area contributed by atoms with E-state index >= 15 is 0 Å². The Kier molecular flexibility index (Phi) is 5.71. The van der Waals surface area contributed by atoms with Crippen LogP contribution in [0, 0.1) is 0 Å². The van der Waals surface area contributed by atoms with E-state index in [2.05, 4.69) is 0 Å². The maximum Gasteiger partial charge on any atom is 0.383 e. The van der Waals surface area contributed by atoms with E-state index in [4.69, 9.17) is 11.6 Å². The smallest absolute Gasteiger partial charge is 0.330 e. The van der Waals surface area contributed by atoms with Gasteiger partial charge in [0.2, 0.25) is 0 Å². The van der Waals surface area contributed by atoms with Gasteiger partial charge in [0, 0.05) is 6.54 Å². The van der Waals surface area contributed by atoms with Crippen molar-refractivity contribution in [3.63, 3.8) is 0 Å².